The molecule has 1 aliphatic rings. The molecule has 2 rings (SSSR count). The van der Waals surface area contributed by atoms with E-state index in [4.69, 9.17) is 5.11 Å². The molecule has 92 valence electrons. The number of hydrogen-bond acceptors (Lipinski definition) is 3. The lowest BCUT2D eigenvalue weighted by atomic mass is 9.80. The molecule has 1 fully saturated rings. The Bertz CT molecular complexity index is 406. The molecule has 1 saturated carbocycles. The van der Waals surface area contributed by atoms with Gasteiger partial charge in [-0.1, -0.05) is 26.2 Å². The summed E-state index contributed by atoms with van der Waals surface area (Å²) in [7, 11) is 0. The fourth-order valence-corrected chi connectivity index (χ4v) is 2.59. The Morgan fingerprint density at radius 3 is 3.06 bits per heavy atom. The molecule has 0 saturated heterocycles. The minimum Gasteiger partial charge on any atom is -0.477 e. The molecule has 0 bridgehead atoms. The van der Waals surface area contributed by atoms with Gasteiger partial charge in [0.15, 0.2) is 5.69 Å². The van der Waals surface area contributed by atoms with Crippen molar-refractivity contribution in [1.29, 1.82) is 0 Å². The van der Waals surface area contributed by atoms with Crippen molar-refractivity contribution in [2.45, 2.75) is 44.9 Å². The number of nitrogens with zero attached hydrogens (tertiary/aromatic N) is 2. The van der Waals surface area contributed by atoms with Crippen LogP contribution in [0.4, 0.5) is 0 Å². The van der Waals surface area contributed by atoms with Crippen LogP contribution in [-0.2, 0) is 0 Å². The van der Waals surface area contributed by atoms with Gasteiger partial charge < -0.3 is 5.11 Å². The van der Waals surface area contributed by atoms with E-state index in [2.05, 4.69) is 16.9 Å². The van der Waals surface area contributed by atoms with Gasteiger partial charge in [-0.05, 0) is 24.8 Å². The standard InChI is InChI=1S/C13H18N2O2/c1-2-9-4-3-5-10(8-9)12-14-7-6-11(15-12)13(16)17/h6-7,9-10H,2-5,8H2,1H3,(H,16,17). The summed E-state index contributed by atoms with van der Waals surface area (Å²) in [5.74, 6) is 0.818. The normalized spacial score (nSPS) is 24.5. The Labute approximate surface area is 101 Å². The maximum absolute atomic E-state index is 10.9. The van der Waals surface area contributed by atoms with Crippen molar-refractivity contribution in [1.82, 2.24) is 9.97 Å². The minimum absolute atomic E-state index is 0.105. The van der Waals surface area contributed by atoms with E-state index < -0.39 is 5.97 Å². The predicted molar refractivity (Wildman–Crippen MR) is 64.0 cm³/mol. The maximum Gasteiger partial charge on any atom is 0.354 e. The van der Waals surface area contributed by atoms with Crippen LogP contribution in [0.1, 0.15) is 61.3 Å². The molecular weight excluding hydrogens is 216 g/mol. The summed E-state index contributed by atoms with van der Waals surface area (Å²) in [6, 6.07) is 1.45. The van der Waals surface area contributed by atoms with Gasteiger partial charge in [-0.25, -0.2) is 14.8 Å². The molecular formula is C13H18N2O2. The van der Waals surface area contributed by atoms with Gasteiger partial charge >= 0.3 is 5.97 Å². The molecule has 0 radical (unpaired) electrons. The van der Waals surface area contributed by atoms with E-state index in [0.29, 0.717) is 11.7 Å². The molecule has 1 aromatic heterocycles. The van der Waals surface area contributed by atoms with E-state index in [1.165, 1.54) is 25.3 Å². The third-order valence-corrected chi connectivity index (χ3v) is 3.62. The molecule has 0 amide bonds. The molecule has 0 aromatic carbocycles. The fourth-order valence-electron chi connectivity index (χ4n) is 2.59. The van der Waals surface area contributed by atoms with Crippen LogP contribution in [-0.4, -0.2) is 21.0 Å². The summed E-state index contributed by atoms with van der Waals surface area (Å²) < 4.78 is 0. The first-order chi connectivity index (χ1) is 8.20. The lowest BCUT2D eigenvalue weighted by Gasteiger charge is -2.27. The van der Waals surface area contributed by atoms with E-state index in [1.807, 2.05) is 0 Å². The Balaban J connectivity index is 2.16. The van der Waals surface area contributed by atoms with E-state index in [-0.39, 0.29) is 5.69 Å². The number of carboxylic acid groups (broad SMARTS) is 1. The smallest absolute Gasteiger partial charge is 0.354 e. The van der Waals surface area contributed by atoms with Crippen molar-refractivity contribution in [2.24, 2.45) is 5.92 Å². The van der Waals surface area contributed by atoms with Crippen molar-refractivity contribution < 1.29 is 9.90 Å². The number of aromatic nitrogens is 2. The molecule has 17 heavy (non-hydrogen) atoms. The van der Waals surface area contributed by atoms with E-state index in [1.54, 1.807) is 6.20 Å². The van der Waals surface area contributed by atoms with Gasteiger partial charge in [-0.2, -0.15) is 0 Å². The molecule has 1 heterocycles. The molecule has 0 spiro atoms. The number of carbonyl (C=O) groups is 1. The van der Waals surface area contributed by atoms with Crippen molar-refractivity contribution in [2.75, 3.05) is 0 Å². The Hall–Kier alpha value is -1.45. The second-order valence-electron chi connectivity index (χ2n) is 4.74. The second kappa shape index (κ2) is 5.25. The SMILES string of the molecule is CCC1CCCC(c2nccc(C(=O)O)n2)C1. The quantitative estimate of drug-likeness (QED) is 0.873. The lowest BCUT2D eigenvalue weighted by Crippen LogP contribution is -2.17. The van der Waals surface area contributed by atoms with Crippen molar-refractivity contribution in [3.63, 3.8) is 0 Å². The van der Waals surface area contributed by atoms with E-state index in [0.717, 1.165) is 18.8 Å². The van der Waals surface area contributed by atoms with Gasteiger partial charge in [0, 0.05) is 12.1 Å². The lowest BCUT2D eigenvalue weighted by molar-refractivity contribution is 0.0689. The summed E-state index contributed by atoms with van der Waals surface area (Å²) in [5.41, 5.74) is 0.105. The van der Waals surface area contributed by atoms with Gasteiger partial charge in [-0.3, -0.25) is 0 Å². The molecule has 4 nitrogen and oxygen atoms in total. The Kier molecular flexibility index (Phi) is 3.71. The van der Waals surface area contributed by atoms with Crippen LogP contribution >= 0.6 is 0 Å². The van der Waals surface area contributed by atoms with Crippen molar-refractivity contribution >= 4 is 5.97 Å². The number of rotatable bonds is 3. The van der Waals surface area contributed by atoms with E-state index in [9.17, 15) is 4.79 Å². The van der Waals surface area contributed by atoms with Crippen LogP contribution in [0.3, 0.4) is 0 Å². The zero-order valence-electron chi connectivity index (χ0n) is 10.1. The average Bonchev–Trinajstić information content (AvgIpc) is 2.39. The summed E-state index contributed by atoms with van der Waals surface area (Å²) in [6.45, 7) is 2.21. The summed E-state index contributed by atoms with van der Waals surface area (Å²) in [5, 5.41) is 8.92. The summed E-state index contributed by atoms with van der Waals surface area (Å²) >= 11 is 0. The van der Waals surface area contributed by atoms with Gasteiger partial charge in [0.1, 0.15) is 5.82 Å². The highest BCUT2D eigenvalue weighted by Crippen LogP contribution is 2.35. The summed E-state index contributed by atoms with van der Waals surface area (Å²) in [6.07, 6.45) is 7.41. The third-order valence-electron chi connectivity index (χ3n) is 3.62. The van der Waals surface area contributed by atoms with Crippen molar-refractivity contribution in [3.05, 3.63) is 23.8 Å². The van der Waals surface area contributed by atoms with Crippen LogP contribution < -0.4 is 0 Å². The fraction of sp³-hybridized carbons (Fsp3) is 0.615. The maximum atomic E-state index is 10.9. The molecule has 1 N–H and O–H groups in total. The second-order valence-corrected chi connectivity index (χ2v) is 4.74. The van der Waals surface area contributed by atoms with Crippen LogP contribution in [0.2, 0.25) is 0 Å². The highest BCUT2D eigenvalue weighted by molar-refractivity contribution is 5.85. The van der Waals surface area contributed by atoms with Gasteiger partial charge in [0.05, 0.1) is 0 Å². The first-order valence-electron chi connectivity index (χ1n) is 6.27. The van der Waals surface area contributed by atoms with Crippen LogP contribution in [0, 0.1) is 5.92 Å². The Morgan fingerprint density at radius 1 is 1.53 bits per heavy atom. The van der Waals surface area contributed by atoms with Crippen LogP contribution in [0.25, 0.3) is 0 Å². The van der Waals surface area contributed by atoms with E-state index >= 15 is 0 Å². The third kappa shape index (κ3) is 2.81. The molecule has 4 heteroatoms. The molecule has 0 aliphatic heterocycles. The molecule has 2 unspecified atom stereocenters. The van der Waals surface area contributed by atoms with Gasteiger partial charge in [-0.15, -0.1) is 0 Å². The average molecular weight is 234 g/mol. The molecule has 1 aliphatic carbocycles. The summed E-state index contributed by atoms with van der Waals surface area (Å²) in [4.78, 5) is 19.3. The van der Waals surface area contributed by atoms with Gasteiger partial charge in [0.2, 0.25) is 0 Å². The largest absolute Gasteiger partial charge is 0.477 e. The van der Waals surface area contributed by atoms with Gasteiger partial charge in [0.25, 0.3) is 0 Å². The Morgan fingerprint density at radius 2 is 2.35 bits per heavy atom. The number of carboxylic acids is 1. The number of aromatic carboxylic acids is 1. The monoisotopic (exact) mass is 234 g/mol. The van der Waals surface area contributed by atoms with Crippen molar-refractivity contribution in [3.8, 4) is 0 Å². The minimum atomic E-state index is -0.975. The first-order valence-corrected chi connectivity index (χ1v) is 6.27. The highest BCUT2D eigenvalue weighted by atomic mass is 16.4. The topological polar surface area (TPSA) is 63.1 Å². The molecule has 2 atom stereocenters. The van der Waals surface area contributed by atoms with Crippen LogP contribution in [0.5, 0.6) is 0 Å². The molecule has 1 aromatic rings. The van der Waals surface area contributed by atoms with Crippen LogP contribution in [0.15, 0.2) is 12.3 Å². The number of hydrogen-bond donors (Lipinski definition) is 1. The highest BCUT2D eigenvalue weighted by Gasteiger charge is 2.24. The first kappa shape index (κ1) is 12.0. The predicted octanol–water partition coefficient (Wildman–Crippen LogP) is 2.86. The zero-order valence-corrected chi connectivity index (χ0v) is 10.1. The zero-order chi connectivity index (χ0) is 12.3.